The van der Waals surface area contributed by atoms with E-state index in [1.54, 1.807) is 18.2 Å². The lowest BCUT2D eigenvalue weighted by molar-refractivity contribution is -0.113. The second-order valence-electron chi connectivity index (χ2n) is 6.88. The predicted octanol–water partition coefficient (Wildman–Crippen LogP) is 3.99. The quantitative estimate of drug-likeness (QED) is 0.778. The Kier molecular flexibility index (Phi) is 5.48. The fourth-order valence-electron chi connectivity index (χ4n) is 2.55. The number of nitrogens with zero attached hydrogens (tertiary/aromatic N) is 1. The number of amides is 1. The summed E-state index contributed by atoms with van der Waals surface area (Å²) in [7, 11) is -3.77. The topological polar surface area (TPSA) is 54.5 Å². The van der Waals surface area contributed by atoms with Crippen LogP contribution in [0, 0.1) is 0 Å². The highest BCUT2D eigenvalue weighted by Crippen LogP contribution is 2.33. The number of benzene rings is 2. The van der Waals surface area contributed by atoms with Crippen molar-refractivity contribution in [3.8, 4) is 0 Å². The zero-order valence-electron chi connectivity index (χ0n) is 14.9. The van der Waals surface area contributed by atoms with Crippen molar-refractivity contribution in [2.75, 3.05) is 10.6 Å². The van der Waals surface area contributed by atoms with Crippen molar-refractivity contribution in [1.82, 2.24) is 0 Å². The second-order valence-corrected chi connectivity index (χ2v) is 8.71. The summed E-state index contributed by atoms with van der Waals surface area (Å²) in [5.74, 6) is -0.594. The van der Waals surface area contributed by atoms with Gasteiger partial charge in [-0.2, -0.15) is 0 Å². The number of hydrogen-bond acceptors (Lipinski definition) is 3. The molecule has 0 aliphatic rings. The molecule has 4 nitrogen and oxygen atoms in total. The number of rotatable bonds is 4. The molecule has 0 unspecified atom stereocenters. The van der Waals surface area contributed by atoms with Crippen LogP contribution >= 0.6 is 0 Å². The van der Waals surface area contributed by atoms with E-state index in [4.69, 9.17) is 0 Å². The van der Waals surface area contributed by atoms with E-state index in [2.05, 4.69) is 0 Å². The summed E-state index contributed by atoms with van der Waals surface area (Å²) in [5.41, 5.74) is 1.71. The van der Waals surface area contributed by atoms with Gasteiger partial charge in [-0.15, -0.1) is 0 Å². The van der Waals surface area contributed by atoms with Crippen LogP contribution in [0.2, 0.25) is 0 Å². The Morgan fingerprint density at radius 1 is 0.960 bits per heavy atom. The van der Waals surface area contributed by atoms with Crippen LogP contribution in [-0.4, -0.2) is 20.6 Å². The number of para-hydroxylation sites is 1. The van der Waals surface area contributed by atoms with E-state index < -0.39 is 15.9 Å². The molecule has 0 radical (unpaired) electrons. The number of carbonyl (C=O) groups is 1. The zero-order valence-corrected chi connectivity index (χ0v) is 15.7. The summed E-state index contributed by atoms with van der Waals surface area (Å²) in [6, 6.07) is 16.4. The maximum Gasteiger partial charge on any atom is 0.264 e. The second kappa shape index (κ2) is 7.23. The van der Waals surface area contributed by atoms with Crippen LogP contribution in [0.1, 0.15) is 31.9 Å². The summed E-state index contributed by atoms with van der Waals surface area (Å²) in [4.78, 5) is 12.7. The molecule has 0 atom stereocenters. The first kappa shape index (κ1) is 18.9. The Balaban J connectivity index is 2.49. The molecule has 0 saturated heterocycles. The SMILES string of the molecule is CC(C)(C)c1ccccc1N(C(=O)/C=C/c1ccccc1)S(C)(=O)=O. The molecule has 0 heterocycles. The Hall–Kier alpha value is -2.40. The number of sulfonamides is 1. The lowest BCUT2D eigenvalue weighted by Crippen LogP contribution is -2.36. The first-order valence-corrected chi connectivity index (χ1v) is 9.82. The number of hydrogen-bond donors (Lipinski definition) is 0. The van der Waals surface area contributed by atoms with Crippen molar-refractivity contribution >= 4 is 27.7 Å². The van der Waals surface area contributed by atoms with Crippen molar-refractivity contribution in [1.29, 1.82) is 0 Å². The van der Waals surface area contributed by atoms with Gasteiger partial charge in [0.25, 0.3) is 5.91 Å². The van der Waals surface area contributed by atoms with Crippen molar-refractivity contribution < 1.29 is 13.2 Å². The summed E-state index contributed by atoms with van der Waals surface area (Å²) in [6.45, 7) is 5.95. The van der Waals surface area contributed by atoms with Crippen molar-refractivity contribution in [3.63, 3.8) is 0 Å². The fraction of sp³-hybridized carbons (Fsp3) is 0.250. The van der Waals surface area contributed by atoms with Crippen LogP contribution in [0.5, 0.6) is 0 Å². The van der Waals surface area contributed by atoms with E-state index in [0.717, 1.165) is 21.7 Å². The van der Waals surface area contributed by atoms with Crippen LogP contribution in [0.25, 0.3) is 6.08 Å². The number of anilines is 1. The van der Waals surface area contributed by atoms with Gasteiger partial charge in [-0.3, -0.25) is 4.79 Å². The van der Waals surface area contributed by atoms with Gasteiger partial charge in [0.05, 0.1) is 11.9 Å². The average Bonchev–Trinajstić information content (AvgIpc) is 2.52. The Labute approximate surface area is 149 Å². The minimum absolute atomic E-state index is 0.303. The fourth-order valence-corrected chi connectivity index (χ4v) is 3.45. The van der Waals surface area contributed by atoms with Gasteiger partial charge in [0.1, 0.15) is 0 Å². The van der Waals surface area contributed by atoms with Crippen LogP contribution < -0.4 is 4.31 Å². The average molecular weight is 357 g/mol. The number of carbonyl (C=O) groups excluding carboxylic acids is 1. The smallest absolute Gasteiger partial charge is 0.264 e. The Morgan fingerprint density at radius 2 is 1.52 bits per heavy atom. The third-order valence-corrected chi connectivity index (χ3v) is 4.72. The standard InChI is InChI=1S/C20H23NO3S/c1-20(2,3)17-12-8-9-13-18(17)21(25(4,23)24)19(22)15-14-16-10-6-5-7-11-16/h5-15H,1-4H3/b15-14+. The molecular formula is C20H23NO3S. The van der Waals surface area contributed by atoms with Gasteiger partial charge >= 0.3 is 0 Å². The van der Waals surface area contributed by atoms with Crippen molar-refractivity contribution in [2.45, 2.75) is 26.2 Å². The van der Waals surface area contributed by atoms with E-state index in [9.17, 15) is 13.2 Å². The molecule has 0 saturated carbocycles. The zero-order chi connectivity index (χ0) is 18.7. The van der Waals surface area contributed by atoms with Crippen LogP contribution in [-0.2, 0) is 20.2 Å². The van der Waals surface area contributed by atoms with Crippen LogP contribution in [0.15, 0.2) is 60.7 Å². The van der Waals surface area contributed by atoms with Crippen molar-refractivity contribution in [2.24, 2.45) is 0 Å². The summed E-state index contributed by atoms with van der Waals surface area (Å²) in [6.07, 6.45) is 3.94. The molecular weight excluding hydrogens is 334 g/mol. The highest BCUT2D eigenvalue weighted by Gasteiger charge is 2.29. The van der Waals surface area contributed by atoms with Gasteiger partial charge in [-0.05, 0) is 28.7 Å². The maximum atomic E-state index is 12.7. The van der Waals surface area contributed by atoms with Gasteiger partial charge in [0.2, 0.25) is 10.0 Å². The molecule has 0 N–H and O–H groups in total. The minimum atomic E-state index is -3.77. The maximum absolute atomic E-state index is 12.7. The van der Waals surface area contributed by atoms with E-state index in [1.165, 1.54) is 6.08 Å². The molecule has 2 aromatic rings. The van der Waals surface area contributed by atoms with E-state index in [-0.39, 0.29) is 5.41 Å². The Bertz CT molecular complexity index is 879. The molecule has 5 heteroatoms. The lowest BCUT2D eigenvalue weighted by Gasteiger charge is -2.28. The van der Waals surface area contributed by atoms with Gasteiger partial charge in [0.15, 0.2) is 0 Å². The van der Waals surface area contributed by atoms with Gasteiger partial charge in [0, 0.05) is 6.08 Å². The van der Waals surface area contributed by atoms with Crippen LogP contribution in [0.3, 0.4) is 0 Å². The van der Waals surface area contributed by atoms with Gasteiger partial charge in [-0.1, -0.05) is 69.3 Å². The molecule has 2 aromatic carbocycles. The highest BCUT2D eigenvalue weighted by atomic mass is 32.2. The summed E-state index contributed by atoms with van der Waals surface area (Å²) in [5, 5.41) is 0. The molecule has 0 aromatic heterocycles. The molecule has 2 rings (SSSR count). The molecule has 0 aliphatic heterocycles. The molecule has 0 bridgehead atoms. The molecule has 132 valence electrons. The molecule has 0 fully saturated rings. The Morgan fingerprint density at radius 3 is 2.08 bits per heavy atom. The van der Waals surface area contributed by atoms with Crippen LogP contribution in [0.4, 0.5) is 5.69 Å². The van der Waals surface area contributed by atoms with Crippen molar-refractivity contribution in [3.05, 3.63) is 71.8 Å². The largest absolute Gasteiger partial charge is 0.268 e. The van der Waals surface area contributed by atoms with Gasteiger partial charge < -0.3 is 0 Å². The molecule has 1 amide bonds. The predicted molar refractivity (Wildman–Crippen MR) is 103 cm³/mol. The molecule has 0 aliphatic carbocycles. The summed E-state index contributed by atoms with van der Waals surface area (Å²) >= 11 is 0. The monoisotopic (exact) mass is 357 g/mol. The van der Waals surface area contributed by atoms with E-state index in [1.807, 2.05) is 63.2 Å². The lowest BCUT2D eigenvalue weighted by atomic mass is 9.86. The molecule has 0 spiro atoms. The highest BCUT2D eigenvalue weighted by molar-refractivity contribution is 7.92. The normalized spacial score (nSPS) is 12.3. The molecule has 25 heavy (non-hydrogen) atoms. The van der Waals surface area contributed by atoms with E-state index >= 15 is 0 Å². The third kappa shape index (κ3) is 4.79. The third-order valence-electron chi connectivity index (χ3n) is 3.68. The minimum Gasteiger partial charge on any atom is -0.268 e. The first-order valence-electron chi connectivity index (χ1n) is 7.97. The van der Waals surface area contributed by atoms with Gasteiger partial charge in [-0.25, -0.2) is 12.7 Å². The summed E-state index contributed by atoms with van der Waals surface area (Å²) < 4.78 is 25.5. The first-order chi connectivity index (χ1) is 11.6. The van der Waals surface area contributed by atoms with E-state index in [0.29, 0.717) is 5.69 Å².